The Morgan fingerprint density at radius 1 is 1.00 bits per heavy atom. The summed E-state index contributed by atoms with van der Waals surface area (Å²) in [6, 6.07) is 0. The largest absolute Gasteiger partial charge is 0.469 e. The van der Waals surface area contributed by atoms with Gasteiger partial charge in [0.25, 0.3) is 0 Å². The summed E-state index contributed by atoms with van der Waals surface area (Å²) in [5.41, 5.74) is -0.311. The monoisotopic (exact) mass is 382 g/mol. The summed E-state index contributed by atoms with van der Waals surface area (Å²) >= 11 is 0. The smallest absolute Gasteiger partial charge is 0.311 e. The maximum Gasteiger partial charge on any atom is 0.311 e. The van der Waals surface area contributed by atoms with Gasteiger partial charge in [-0.2, -0.15) is 0 Å². The lowest BCUT2D eigenvalue weighted by atomic mass is 9.89. The number of hydrogen-bond acceptors (Lipinski definition) is 5. The van der Waals surface area contributed by atoms with Gasteiger partial charge in [0.2, 0.25) is 0 Å². The molecule has 5 heteroatoms. The summed E-state index contributed by atoms with van der Waals surface area (Å²) in [5, 5.41) is 0. The normalized spacial score (nSPS) is 27.6. The van der Waals surface area contributed by atoms with Crippen molar-refractivity contribution in [3.05, 3.63) is 0 Å². The quantitative estimate of drug-likeness (QED) is 0.484. The Bertz CT molecular complexity index is 481. The molecule has 0 spiro atoms. The van der Waals surface area contributed by atoms with E-state index in [1.807, 2.05) is 20.8 Å². The first-order chi connectivity index (χ1) is 12.9. The fourth-order valence-electron chi connectivity index (χ4n) is 4.48. The lowest BCUT2D eigenvalue weighted by Gasteiger charge is -2.23. The molecule has 0 amide bonds. The Labute approximate surface area is 164 Å². The van der Waals surface area contributed by atoms with E-state index in [-0.39, 0.29) is 30.1 Å². The molecular weight excluding hydrogens is 344 g/mol. The number of methoxy groups -OCH3 is 1. The van der Waals surface area contributed by atoms with Gasteiger partial charge in [0.15, 0.2) is 6.79 Å². The van der Waals surface area contributed by atoms with E-state index in [2.05, 4.69) is 4.74 Å². The van der Waals surface area contributed by atoms with Crippen molar-refractivity contribution in [1.29, 1.82) is 0 Å². The van der Waals surface area contributed by atoms with E-state index < -0.39 is 0 Å². The second-order valence-corrected chi connectivity index (χ2v) is 9.02. The lowest BCUT2D eigenvalue weighted by molar-refractivity contribution is -0.168. The van der Waals surface area contributed by atoms with Crippen LogP contribution in [0.1, 0.15) is 85.0 Å². The molecule has 27 heavy (non-hydrogen) atoms. The van der Waals surface area contributed by atoms with Gasteiger partial charge in [-0.3, -0.25) is 9.59 Å². The van der Waals surface area contributed by atoms with Crippen molar-refractivity contribution >= 4 is 11.9 Å². The van der Waals surface area contributed by atoms with E-state index in [4.69, 9.17) is 9.47 Å². The van der Waals surface area contributed by atoms with Gasteiger partial charge in [-0.1, -0.05) is 32.6 Å². The summed E-state index contributed by atoms with van der Waals surface area (Å²) in [6.45, 7) is 5.89. The van der Waals surface area contributed by atoms with Crippen LogP contribution in [-0.2, 0) is 23.8 Å². The predicted molar refractivity (Wildman–Crippen MR) is 104 cm³/mol. The van der Waals surface area contributed by atoms with Crippen molar-refractivity contribution in [2.45, 2.75) is 91.1 Å². The summed E-state index contributed by atoms with van der Waals surface area (Å²) in [6.07, 6.45) is 12.1. The minimum atomic E-state index is -0.311. The molecule has 0 N–H and O–H groups in total. The number of rotatable bonds is 6. The first kappa shape index (κ1) is 22.2. The molecular formula is C22H38O5. The van der Waals surface area contributed by atoms with Crippen LogP contribution < -0.4 is 0 Å². The molecule has 3 unspecified atom stereocenters. The predicted octanol–water partition coefficient (Wildman–Crippen LogP) is 4.87. The molecule has 0 radical (unpaired) electrons. The maximum atomic E-state index is 12.0. The highest BCUT2D eigenvalue weighted by Crippen LogP contribution is 2.48. The summed E-state index contributed by atoms with van der Waals surface area (Å²) in [5.74, 6) is 1.45. The van der Waals surface area contributed by atoms with Crippen LogP contribution in [0.4, 0.5) is 0 Å². The number of ether oxygens (including phenoxy) is 3. The Balaban J connectivity index is 0.000000249. The highest BCUT2D eigenvalue weighted by Gasteiger charge is 2.43. The first-order valence-corrected chi connectivity index (χ1v) is 10.7. The third kappa shape index (κ3) is 6.48. The van der Waals surface area contributed by atoms with E-state index in [9.17, 15) is 9.59 Å². The number of hydrogen-bond donors (Lipinski definition) is 0. The molecule has 3 atom stereocenters. The molecule has 0 aromatic rings. The Morgan fingerprint density at radius 2 is 1.70 bits per heavy atom. The lowest BCUT2D eigenvalue weighted by Crippen LogP contribution is -2.26. The molecule has 0 saturated heterocycles. The van der Waals surface area contributed by atoms with Crippen molar-refractivity contribution in [3.63, 3.8) is 0 Å². The van der Waals surface area contributed by atoms with Crippen molar-refractivity contribution < 1.29 is 23.8 Å². The molecule has 5 nitrogen and oxygen atoms in total. The molecule has 3 fully saturated rings. The zero-order chi connectivity index (χ0) is 19.9. The topological polar surface area (TPSA) is 61.8 Å². The van der Waals surface area contributed by atoms with Crippen LogP contribution in [0, 0.1) is 23.2 Å². The number of carbonyl (C=O) groups is 2. The van der Waals surface area contributed by atoms with Gasteiger partial charge in [0.1, 0.15) is 0 Å². The van der Waals surface area contributed by atoms with Crippen LogP contribution >= 0.6 is 0 Å². The average Bonchev–Trinajstić information content (AvgIpc) is 3.32. The summed E-state index contributed by atoms with van der Waals surface area (Å²) < 4.78 is 15.5. The SMILES string of the molecule is CCC(C)(C)C(=O)OC.O=C(OCOC1CCCCC1)C1CC2CCC1C2. The van der Waals surface area contributed by atoms with Gasteiger partial charge < -0.3 is 14.2 Å². The van der Waals surface area contributed by atoms with Crippen molar-refractivity contribution in [2.75, 3.05) is 13.9 Å². The molecule has 0 aromatic heterocycles. The van der Waals surface area contributed by atoms with E-state index in [1.54, 1.807) is 0 Å². The third-order valence-corrected chi connectivity index (χ3v) is 6.72. The minimum absolute atomic E-state index is 0.00184. The van der Waals surface area contributed by atoms with Crippen LogP contribution in [0.2, 0.25) is 0 Å². The molecule has 3 aliphatic carbocycles. The van der Waals surface area contributed by atoms with Crippen LogP contribution in [0.25, 0.3) is 0 Å². The highest BCUT2D eigenvalue weighted by atomic mass is 16.7. The Kier molecular flexibility index (Phi) is 8.59. The van der Waals surface area contributed by atoms with Gasteiger partial charge in [-0.25, -0.2) is 0 Å². The minimum Gasteiger partial charge on any atom is -0.469 e. The van der Waals surface area contributed by atoms with E-state index in [0.717, 1.165) is 31.6 Å². The van der Waals surface area contributed by atoms with E-state index >= 15 is 0 Å². The molecule has 0 aliphatic heterocycles. The van der Waals surface area contributed by atoms with E-state index in [1.165, 1.54) is 45.6 Å². The van der Waals surface area contributed by atoms with Crippen LogP contribution in [-0.4, -0.2) is 31.9 Å². The molecule has 3 saturated carbocycles. The van der Waals surface area contributed by atoms with Crippen LogP contribution in [0.3, 0.4) is 0 Å². The molecule has 0 aromatic carbocycles. The molecule has 2 bridgehead atoms. The van der Waals surface area contributed by atoms with Crippen molar-refractivity contribution in [1.82, 2.24) is 0 Å². The number of esters is 2. The highest BCUT2D eigenvalue weighted by molar-refractivity contribution is 5.75. The van der Waals surface area contributed by atoms with Crippen LogP contribution in [0.15, 0.2) is 0 Å². The number of carbonyl (C=O) groups excluding carboxylic acids is 2. The zero-order valence-corrected chi connectivity index (χ0v) is 17.6. The summed E-state index contributed by atoms with van der Waals surface area (Å²) in [4.78, 5) is 22.8. The van der Waals surface area contributed by atoms with Gasteiger partial charge in [-0.15, -0.1) is 0 Å². The average molecular weight is 383 g/mol. The molecule has 0 heterocycles. The molecule has 156 valence electrons. The second kappa shape index (κ2) is 10.4. The third-order valence-electron chi connectivity index (χ3n) is 6.72. The fraction of sp³-hybridized carbons (Fsp3) is 0.909. The van der Waals surface area contributed by atoms with E-state index in [0.29, 0.717) is 12.0 Å². The standard InChI is InChI=1S/C15H24O3.C7H14O2/c16-15(14-9-11-6-7-12(14)8-11)18-10-17-13-4-2-1-3-5-13;1-5-7(2,3)6(8)9-4/h11-14H,1-10H2;5H2,1-4H3. The maximum absolute atomic E-state index is 12.0. The van der Waals surface area contributed by atoms with Gasteiger partial charge in [0, 0.05) is 0 Å². The van der Waals surface area contributed by atoms with Gasteiger partial charge >= 0.3 is 11.9 Å². The molecule has 3 aliphatic rings. The zero-order valence-electron chi connectivity index (χ0n) is 17.6. The fourth-order valence-corrected chi connectivity index (χ4v) is 4.48. The van der Waals surface area contributed by atoms with Crippen LogP contribution in [0.5, 0.6) is 0 Å². The van der Waals surface area contributed by atoms with Gasteiger partial charge in [-0.05, 0) is 64.2 Å². The summed E-state index contributed by atoms with van der Waals surface area (Å²) in [7, 11) is 1.42. The van der Waals surface area contributed by atoms with Crippen molar-refractivity contribution in [2.24, 2.45) is 23.2 Å². The first-order valence-electron chi connectivity index (χ1n) is 10.7. The number of fused-ring (bicyclic) bond motifs is 2. The Hall–Kier alpha value is -1.10. The molecule has 3 rings (SSSR count). The second-order valence-electron chi connectivity index (χ2n) is 9.02. The Morgan fingerprint density at radius 3 is 2.19 bits per heavy atom. The van der Waals surface area contributed by atoms with Gasteiger partial charge in [0.05, 0.1) is 24.5 Å². The van der Waals surface area contributed by atoms with Crippen molar-refractivity contribution in [3.8, 4) is 0 Å².